The fourth-order valence-electron chi connectivity index (χ4n) is 2.49. The van der Waals surface area contributed by atoms with Crippen LogP contribution in [0.4, 0.5) is 0 Å². The summed E-state index contributed by atoms with van der Waals surface area (Å²) >= 11 is 11.9. The molecule has 2 aromatic rings. The topological polar surface area (TPSA) is 50.7 Å². The maximum absolute atomic E-state index is 11.9. The van der Waals surface area contributed by atoms with Crippen LogP contribution < -0.4 is 10.2 Å². The van der Waals surface area contributed by atoms with E-state index in [-0.39, 0.29) is 5.91 Å². The molecule has 0 aliphatic heterocycles. The maximum atomic E-state index is 11.9. The van der Waals surface area contributed by atoms with Crippen molar-refractivity contribution < 1.29 is 9.53 Å². The van der Waals surface area contributed by atoms with E-state index in [1.54, 1.807) is 18.2 Å². The summed E-state index contributed by atoms with van der Waals surface area (Å²) < 4.78 is 5.56. The Hall–Kier alpha value is -2.04. The van der Waals surface area contributed by atoms with E-state index in [4.69, 9.17) is 27.9 Å². The summed E-state index contributed by atoms with van der Waals surface area (Å²) in [6.45, 7) is 6.34. The van der Waals surface area contributed by atoms with Crippen molar-refractivity contribution in [1.29, 1.82) is 0 Å². The Bertz CT molecular complexity index is 819. The van der Waals surface area contributed by atoms with Crippen LogP contribution in [0.3, 0.4) is 0 Å². The van der Waals surface area contributed by atoms with Crippen molar-refractivity contribution in [2.24, 2.45) is 5.10 Å². The number of carbonyl (C=O) groups excluding carboxylic acids is 1. The van der Waals surface area contributed by atoms with E-state index in [1.807, 2.05) is 32.9 Å². The predicted octanol–water partition coefficient (Wildman–Crippen LogP) is 5.31. The van der Waals surface area contributed by atoms with Gasteiger partial charge in [-0.2, -0.15) is 5.10 Å². The van der Waals surface area contributed by atoms with Crippen LogP contribution >= 0.6 is 23.2 Å². The standard InChI is InChI=1S/C20H22Cl2N2O2/c1-13-6-8-17(14(2)11-13)15(3)23-24-20(25)5-4-10-26-19-9-7-16(21)12-18(19)22/h6-9,11-12H,4-5,10H2,1-3H3,(H,24,25)/b23-15+. The van der Waals surface area contributed by atoms with Crippen molar-refractivity contribution in [1.82, 2.24) is 5.43 Å². The lowest BCUT2D eigenvalue weighted by Crippen LogP contribution is -2.20. The Morgan fingerprint density at radius 3 is 2.62 bits per heavy atom. The number of carbonyl (C=O) groups is 1. The molecule has 0 aliphatic carbocycles. The number of benzene rings is 2. The Balaban J connectivity index is 1.78. The zero-order valence-electron chi connectivity index (χ0n) is 15.1. The van der Waals surface area contributed by atoms with Crippen LogP contribution in [0.15, 0.2) is 41.5 Å². The van der Waals surface area contributed by atoms with Crippen LogP contribution in [0.2, 0.25) is 10.0 Å². The highest BCUT2D eigenvalue weighted by Crippen LogP contribution is 2.27. The maximum Gasteiger partial charge on any atom is 0.240 e. The van der Waals surface area contributed by atoms with E-state index >= 15 is 0 Å². The van der Waals surface area contributed by atoms with Crippen LogP contribution in [-0.4, -0.2) is 18.2 Å². The van der Waals surface area contributed by atoms with Crippen LogP contribution in [-0.2, 0) is 4.79 Å². The van der Waals surface area contributed by atoms with Crippen molar-refractivity contribution in [3.63, 3.8) is 0 Å². The molecule has 0 saturated carbocycles. The molecule has 0 bridgehead atoms. The summed E-state index contributed by atoms with van der Waals surface area (Å²) in [6.07, 6.45) is 0.873. The third-order valence-electron chi connectivity index (χ3n) is 3.82. The largest absolute Gasteiger partial charge is 0.492 e. The quantitative estimate of drug-likeness (QED) is 0.394. The SMILES string of the molecule is C/C(=N\NC(=O)CCCOc1ccc(Cl)cc1Cl)c1ccc(C)cc1C. The van der Waals surface area contributed by atoms with Crippen LogP contribution in [0.5, 0.6) is 5.75 Å². The molecule has 2 rings (SSSR count). The third-order valence-corrected chi connectivity index (χ3v) is 4.35. The van der Waals surface area contributed by atoms with Gasteiger partial charge in [-0.15, -0.1) is 0 Å². The zero-order valence-corrected chi connectivity index (χ0v) is 16.6. The smallest absolute Gasteiger partial charge is 0.240 e. The summed E-state index contributed by atoms with van der Waals surface area (Å²) in [5.74, 6) is 0.403. The lowest BCUT2D eigenvalue weighted by atomic mass is 10.0. The van der Waals surface area contributed by atoms with Crippen LogP contribution in [0.25, 0.3) is 0 Å². The van der Waals surface area contributed by atoms with Gasteiger partial charge in [0.15, 0.2) is 0 Å². The summed E-state index contributed by atoms with van der Waals surface area (Å²) in [6, 6.07) is 11.2. The van der Waals surface area contributed by atoms with Gasteiger partial charge in [0.1, 0.15) is 5.75 Å². The molecule has 0 aromatic heterocycles. The summed E-state index contributed by atoms with van der Waals surface area (Å²) in [7, 11) is 0. The van der Waals surface area contributed by atoms with Gasteiger partial charge in [-0.3, -0.25) is 4.79 Å². The van der Waals surface area contributed by atoms with Gasteiger partial charge in [0.05, 0.1) is 17.3 Å². The average Bonchev–Trinajstić information content (AvgIpc) is 2.58. The summed E-state index contributed by atoms with van der Waals surface area (Å²) in [4.78, 5) is 11.9. The lowest BCUT2D eigenvalue weighted by Gasteiger charge is -2.08. The van der Waals surface area contributed by atoms with Gasteiger partial charge in [-0.05, 0) is 51.0 Å². The molecule has 0 saturated heterocycles. The first-order valence-electron chi connectivity index (χ1n) is 8.35. The van der Waals surface area contributed by atoms with E-state index in [1.165, 1.54) is 5.56 Å². The minimum absolute atomic E-state index is 0.153. The number of halogens is 2. The second kappa shape index (κ2) is 9.60. The molecular formula is C20H22Cl2N2O2. The van der Waals surface area contributed by atoms with E-state index in [0.29, 0.717) is 35.2 Å². The minimum atomic E-state index is -0.153. The average molecular weight is 393 g/mol. The van der Waals surface area contributed by atoms with Crippen LogP contribution in [0.1, 0.15) is 36.5 Å². The molecule has 0 unspecified atom stereocenters. The van der Waals surface area contributed by atoms with Gasteiger partial charge in [-0.1, -0.05) is 47.0 Å². The van der Waals surface area contributed by atoms with Gasteiger partial charge < -0.3 is 4.74 Å². The van der Waals surface area contributed by atoms with Gasteiger partial charge in [0.25, 0.3) is 0 Å². The molecule has 26 heavy (non-hydrogen) atoms. The minimum Gasteiger partial charge on any atom is -0.492 e. The number of amides is 1. The first kappa shape index (κ1) is 20.3. The lowest BCUT2D eigenvalue weighted by molar-refractivity contribution is -0.121. The fourth-order valence-corrected chi connectivity index (χ4v) is 2.95. The highest BCUT2D eigenvalue weighted by atomic mass is 35.5. The molecule has 6 heteroatoms. The van der Waals surface area contributed by atoms with Crippen molar-refractivity contribution in [3.8, 4) is 5.75 Å². The molecular weight excluding hydrogens is 371 g/mol. The Kier molecular flexibility index (Phi) is 7.49. The Labute approximate surface area is 164 Å². The monoisotopic (exact) mass is 392 g/mol. The van der Waals surface area contributed by atoms with Gasteiger partial charge in [0, 0.05) is 17.0 Å². The first-order valence-corrected chi connectivity index (χ1v) is 9.11. The van der Waals surface area contributed by atoms with E-state index < -0.39 is 0 Å². The summed E-state index contributed by atoms with van der Waals surface area (Å²) in [5, 5.41) is 5.19. The Morgan fingerprint density at radius 2 is 1.92 bits per heavy atom. The van der Waals surface area contributed by atoms with Gasteiger partial charge in [-0.25, -0.2) is 5.43 Å². The normalized spacial score (nSPS) is 11.3. The summed E-state index contributed by atoms with van der Waals surface area (Å²) in [5.41, 5.74) is 6.72. The molecule has 0 radical (unpaired) electrons. The molecule has 0 atom stereocenters. The van der Waals surface area contributed by atoms with E-state index in [2.05, 4.69) is 16.6 Å². The number of hydrazone groups is 1. The molecule has 0 aliphatic rings. The number of hydrogen-bond donors (Lipinski definition) is 1. The zero-order chi connectivity index (χ0) is 19.1. The number of rotatable bonds is 7. The molecule has 2 aromatic carbocycles. The molecule has 138 valence electrons. The van der Waals surface area contributed by atoms with Gasteiger partial charge >= 0.3 is 0 Å². The fraction of sp³-hybridized carbons (Fsp3) is 0.300. The molecule has 0 heterocycles. The second-order valence-electron chi connectivity index (χ2n) is 6.08. The van der Waals surface area contributed by atoms with E-state index in [9.17, 15) is 4.79 Å². The van der Waals surface area contributed by atoms with Gasteiger partial charge in [0.2, 0.25) is 5.91 Å². The number of nitrogens with zero attached hydrogens (tertiary/aromatic N) is 1. The number of nitrogens with one attached hydrogen (secondary N) is 1. The van der Waals surface area contributed by atoms with Crippen molar-refractivity contribution >= 4 is 34.8 Å². The number of ether oxygens (including phenoxy) is 1. The van der Waals surface area contributed by atoms with E-state index in [0.717, 1.165) is 16.8 Å². The van der Waals surface area contributed by atoms with Crippen molar-refractivity contribution in [2.45, 2.75) is 33.6 Å². The first-order chi connectivity index (χ1) is 12.4. The predicted molar refractivity (Wildman–Crippen MR) is 107 cm³/mol. The third kappa shape index (κ3) is 6.04. The molecule has 1 amide bonds. The molecule has 0 spiro atoms. The molecule has 1 N–H and O–H groups in total. The van der Waals surface area contributed by atoms with Crippen molar-refractivity contribution in [3.05, 3.63) is 63.1 Å². The highest BCUT2D eigenvalue weighted by Gasteiger charge is 2.06. The molecule has 0 fully saturated rings. The second-order valence-corrected chi connectivity index (χ2v) is 6.92. The highest BCUT2D eigenvalue weighted by molar-refractivity contribution is 6.35. The van der Waals surface area contributed by atoms with Crippen LogP contribution in [0, 0.1) is 13.8 Å². The number of hydrogen-bond acceptors (Lipinski definition) is 3. The number of aryl methyl sites for hydroxylation is 2. The molecule has 4 nitrogen and oxygen atoms in total. The Morgan fingerprint density at radius 1 is 1.15 bits per heavy atom. The van der Waals surface area contributed by atoms with Crippen molar-refractivity contribution in [2.75, 3.05) is 6.61 Å².